The lowest BCUT2D eigenvalue weighted by Gasteiger charge is -2.20. The molecule has 0 heterocycles. The van der Waals surface area contributed by atoms with E-state index in [0.29, 0.717) is 0 Å². The number of hydrogen-bond acceptors (Lipinski definition) is 5. The summed E-state index contributed by atoms with van der Waals surface area (Å²) in [6.07, 6.45) is 0. The molecule has 2 N–H and O–H groups in total. The maximum atomic E-state index is 12.8. The van der Waals surface area contributed by atoms with Crippen LogP contribution in [-0.4, -0.2) is 39.0 Å². The molecule has 23 heavy (non-hydrogen) atoms. The third-order valence-corrected chi connectivity index (χ3v) is 3.83. The largest absolute Gasteiger partial charge is 0.455 e. The van der Waals surface area contributed by atoms with Crippen LogP contribution in [0.5, 0.6) is 0 Å². The van der Waals surface area contributed by atoms with Gasteiger partial charge in [-0.1, -0.05) is 0 Å². The minimum atomic E-state index is -3.96. The standard InChI is InChI=1S/C14H19FN2O5S/c1-14(2,3)17-12(18)9-22-13(19)8-16-23(20,21)11-6-4-10(15)5-7-11/h4-7,16H,8-9H2,1-3H3,(H,17,18). The van der Waals surface area contributed by atoms with Crippen molar-refractivity contribution in [2.45, 2.75) is 31.2 Å². The number of rotatable bonds is 6. The number of carbonyl (C=O) groups is 2. The third kappa shape index (κ3) is 7.20. The van der Waals surface area contributed by atoms with Crippen LogP contribution in [0.1, 0.15) is 20.8 Å². The number of sulfonamides is 1. The van der Waals surface area contributed by atoms with E-state index in [1.54, 1.807) is 20.8 Å². The monoisotopic (exact) mass is 346 g/mol. The molecule has 0 aliphatic rings. The highest BCUT2D eigenvalue weighted by molar-refractivity contribution is 7.89. The molecule has 0 aliphatic carbocycles. The van der Waals surface area contributed by atoms with Gasteiger partial charge in [-0.3, -0.25) is 9.59 Å². The first-order valence-corrected chi connectivity index (χ1v) is 8.20. The molecule has 1 aromatic carbocycles. The van der Waals surface area contributed by atoms with Crippen molar-refractivity contribution < 1.29 is 27.1 Å². The van der Waals surface area contributed by atoms with E-state index in [0.717, 1.165) is 24.3 Å². The number of esters is 1. The summed E-state index contributed by atoms with van der Waals surface area (Å²) in [4.78, 5) is 22.7. The summed E-state index contributed by atoms with van der Waals surface area (Å²) >= 11 is 0. The Hall–Kier alpha value is -2.00. The Kier molecular flexibility index (Phi) is 6.22. The average molecular weight is 346 g/mol. The van der Waals surface area contributed by atoms with Crippen LogP contribution in [0.2, 0.25) is 0 Å². The van der Waals surface area contributed by atoms with Gasteiger partial charge in [0, 0.05) is 5.54 Å². The van der Waals surface area contributed by atoms with Gasteiger partial charge in [-0.05, 0) is 45.0 Å². The van der Waals surface area contributed by atoms with Gasteiger partial charge in [0.25, 0.3) is 5.91 Å². The zero-order valence-electron chi connectivity index (χ0n) is 13.1. The van der Waals surface area contributed by atoms with Crippen LogP contribution in [0.3, 0.4) is 0 Å². The normalized spacial score (nSPS) is 11.8. The molecule has 1 rings (SSSR count). The quantitative estimate of drug-likeness (QED) is 0.733. The Morgan fingerprint density at radius 2 is 1.74 bits per heavy atom. The first-order valence-electron chi connectivity index (χ1n) is 6.71. The van der Waals surface area contributed by atoms with Gasteiger partial charge in [0.15, 0.2) is 6.61 Å². The highest BCUT2D eigenvalue weighted by Crippen LogP contribution is 2.09. The lowest BCUT2D eigenvalue weighted by atomic mass is 10.1. The lowest BCUT2D eigenvalue weighted by Crippen LogP contribution is -2.43. The molecule has 9 heteroatoms. The van der Waals surface area contributed by atoms with Crippen LogP contribution in [0.4, 0.5) is 4.39 Å². The van der Waals surface area contributed by atoms with Gasteiger partial charge < -0.3 is 10.1 Å². The SMILES string of the molecule is CC(C)(C)NC(=O)COC(=O)CNS(=O)(=O)c1ccc(F)cc1. The molecule has 1 amide bonds. The molecule has 0 fully saturated rings. The van der Waals surface area contributed by atoms with Gasteiger partial charge in [-0.2, -0.15) is 4.72 Å². The molecule has 0 saturated carbocycles. The number of ether oxygens (including phenoxy) is 1. The molecular formula is C14H19FN2O5S. The molecule has 0 atom stereocenters. The second kappa shape index (κ2) is 7.51. The van der Waals surface area contributed by atoms with Crippen molar-refractivity contribution in [2.75, 3.05) is 13.2 Å². The maximum absolute atomic E-state index is 12.8. The van der Waals surface area contributed by atoms with Crippen molar-refractivity contribution >= 4 is 21.9 Å². The summed E-state index contributed by atoms with van der Waals surface area (Å²) in [5.41, 5.74) is -0.465. The predicted molar refractivity (Wildman–Crippen MR) is 80.4 cm³/mol. The molecular weight excluding hydrogens is 327 g/mol. The Morgan fingerprint density at radius 3 is 2.26 bits per heavy atom. The molecule has 0 unspecified atom stereocenters. The highest BCUT2D eigenvalue weighted by Gasteiger charge is 2.18. The van der Waals surface area contributed by atoms with E-state index in [2.05, 4.69) is 10.1 Å². The molecule has 0 radical (unpaired) electrons. The van der Waals surface area contributed by atoms with Crippen molar-refractivity contribution in [3.05, 3.63) is 30.1 Å². The topological polar surface area (TPSA) is 102 Å². The Bertz CT molecular complexity index is 665. The minimum absolute atomic E-state index is 0.183. The van der Waals surface area contributed by atoms with Gasteiger partial charge in [0.2, 0.25) is 10.0 Å². The molecule has 0 aliphatic heterocycles. The van der Waals surface area contributed by atoms with Crippen molar-refractivity contribution in [1.82, 2.24) is 10.0 Å². The van der Waals surface area contributed by atoms with Crippen LogP contribution in [-0.2, 0) is 24.3 Å². The third-order valence-electron chi connectivity index (χ3n) is 2.41. The summed E-state index contributed by atoms with van der Waals surface area (Å²) < 4.78 is 43.1. The van der Waals surface area contributed by atoms with Crippen molar-refractivity contribution in [2.24, 2.45) is 0 Å². The Balaban J connectivity index is 2.46. The molecule has 0 saturated heterocycles. The number of amides is 1. The molecule has 7 nitrogen and oxygen atoms in total. The van der Waals surface area contributed by atoms with E-state index in [1.165, 1.54) is 0 Å². The fourth-order valence-electron chi connectivity index (χ4n) is 1.50. The van der Waals surface area contributed by atoms with E-state index in [4.69, 9.17) is 0 Å². The van der Waals surface area contributed by atoms with E-state index in [9.17, 15) is 22.4 Å². The number of nitrogens with one attached hydrogen (secondary N) is 2. The number of hydrogen-bond donors (Lipinski definition) is 2. The zero-order chi connectivity index (χ0) is 17.7. The molecule has 0 spiro atoms. The summed E-state index contributed by atoms with van der Waals surface area (Å²) in [5.74, 6) is -1.97. The lowest BCUT2D eigenvalue weighted by molar-refractivity contribution is -0.147. The van der Waals surface area contributed by atoms with Crippen molar-refractivity contribution in [3.63, 3.8) is 0 Å². The summed E-state index contributed by atoms with van der Waals surface area (Å²) in [6.45, 7) is 4.16. The first kappa shape index (κ1) is 19.0. The van der Waals surface area contributed by atoms with Gasteiger partial charge in [0.05, 0.1) is 4.90 Å². The fourth-order valence-corrected chi connectivity index (χ4v) is 2.47. The number of benzene rings is 1. The van der Waals surface area contributed by atoms with Crippen LogP contribution in [0, 0.1) is 5.82 Å². The molecule has 128 valence electrons. The van der Waals surface area contributed by atoms with Crippen molar-refractivity contribution in [3.8, 4) is 0 Å². The van der Waals surface area contributed by atoms with Gasteiger partial charge in [-0.25, -0.2) is 12.8 Å². The summed E-state index contributed by atoms with van der Waals surface area (Å²) in [6, 6.07) is 4.12. The van der Waals surface area contributed by atoms with E-state index in [-0.39, 0.29) is 4.90 Å². The van der Waals surface area contributed by atoms with E-state index >= 15 is 0 Å². The predicted octanol–water partition coefficient (Wildman–Crippen LogP) is 0.562. The number of carbonyl (C=O) groups excluding carboxylic acids is 2. The van der Waals surface area contributed by atoms with Crippen LogP contribution in [0.25, 0.3) is 0 Å². The maximum Gasteiger partial charge on any atom is 0.321 e. The zero-order valence-corrected chi connectivity index (χ0v) is 13.9. The van der Waals surface area contributed by atoms with E-state index < -0.39 is 46.4 Å². The smallest absolute Gasteiger partial charge is 0.321 e. The van der Waals surface area contributed by atoms with Crippen LogP contribution < -0.4 is 10.0 Å². The number of halogens is 1. The summed E-state index contributed by atoms with van der Waals surface area (Å²) in [7, 11) is -3.96. The van der Waals surface area contributed by atoms with E-state index in [1.807, 2.05) is 4.72 Å². The fraction of sp³-hybridized carbons (Fsp3) is 0.429. The molecule has 0 bridgehead atoms. The van der Waals surface area contributed by atoms with Gasteiger partial charge in [-0.15, -0.1) is 0 Å². The Labute approximate surface area is 134 Å². The van der Waals surface area contributed by atoms with Gasteiger partial charge >= 0.3 is 5.97 Å². The van der Waals surface area contributed by atoms with Crippen LogP contribution in [0.15, 0.2) is 29.2 Å². The minimum Gasteiger partial charge on any atom is -0.455 e. The highest BCUT2D eigenvalue weighted by atomic mass is 32.2. The first-order chi connectivity index (χ1) is 10.5. The van der Waals surface area contributed by atoms with Crippen molar-refractivity contribution in [1.29, 1.82) is 0 Å². The molecule has 1 aromatic rings. The summed E-state index contributed by atoms with van der Waals surface area (Å²) in [5, 5.41) is 2.59. The Morgan fingerprint density at radius 1 is 1.17 bits per heavy atom. The average Bonchev–Trinajstić information content (AvgIpc) is 2.41. The second-order valence-corrected chi connectivity index (χ2v) is 7.50. The van der Waals surface area contributed by atoms with Crippen LogP contribution >= 0.6 is 0 Å². The van der Waals surface area contributed by atoms with Gasteiger partial charge in [0.1, 0.15) is 12.4 Å². The molecule has 0 aromatic heterocycles. The second-order valence-electron chi connectivity index (χ2n) is 5.74.